The summed E-state index contributed by atoms with van der Waals surface area (Å²) in [6, 6.07) is -0.139. The molecule has 1 saturated carbocycles. The van der Waals surface area contributed by atoms with Crippen LogP contribution in [0.2, 0.25) is 0 Å². The van der Waals surface area contributed by atoms with Crippen molar-refractivity contribution >= 4 is 11.8 Å². The fourth-order valence-corrected chi connectivity index (χ4v) is 3.40. The summed E-state index contributed by atoms with van der Waals surface area (Å²) in [5, 5.41) is 0. The molecular weight excluding hydrogens is 216 g/mol. The number of hydrogen-bond acceptors (Lipinski definition) is 2. The maximum Gasteiger partial charge on any atom is 0.245 e. The van der Waals surface area contributed by atoms with Gasteiger partial charge in [0, 0.05) is 13.1 Å². The molecule has 4 nitrogen and oxygen atoms in total. The molecule has 0 aromatic carbocycles. The van der Waals surface area contributed by atoms with E-state index in [4.69, 9.17) is 0 Å². The average Bonchev–Trinajstić information content (AvgIpc) is 2.72. The lowest BCUT2D eigenvalue weighted by molar-refractivity contribution is -0.155. The quantitative estimate of drug-likeness (QED) is 0.718. The predicted molar refractivity (Wildman–Crippen MR) is 63.3 cm³/mol. The third-order valence-electron chi connectivity index (χ3n) is 4.63. The SMILES string of the molecule is CC1(CN2CC(=O)N3CCCC3C2=O)CCC1. The summed E-state index contributed by atoms with van der Waals surface area (Å²) in [5.74, 6) is 0.338. The van der Waals surface area contributed by atoms with Gasteiger partial charge in [-0.3, -0.25) is 9.59 Å². The molecule has 3 fully saturated rings. The minimum Gasteiger partial charge on any atom is -0.331 e. The van der Waals surface area contributed by atoms with E-state index in [0.29, 0.717) is 6.54 Å². The van der Waals surface area contributed by atoms with Gasteiger partial charge in [-0.25, -0.2) is 0 Å². The number of nitrogens with zero attached hydrogens (tertiary/aromatic N) is 2. The number of carbonyl (C=O) groups excluding carboxylic acids is 2. The maximum absolute atomic E-state index is 12.3. The van der Waals surface area contributed by atoms with Gasteiger partial charge in [0.15, 0.2) is 0 Å². The van der Waals surface area contributed by atoms with E-state index < -0.39 is 0 Å². The summed E-state index contributed by atoms with van der Waals surface area (Å²) >= 11 is 0. The maximum atomic E-state index is 12.3. The molecule has 0 spiro atoms. The summed E-state index contributed by atoms with van der Waals surface area (Å²) in [6.07, 6.45) is 5.49. The first-order valence-corrected chi connectivity index (χ1v) is 6.67. The van der Waals surface area contributed by atoms with Crippen molar-refractivity contribution in [3.63, 3.8) is 0 Å². The lowest BCUT2D eigenvalue weighted by atomic mass is 9.70. The van der Waals surface area contributed by atoms with Gasteiger partial charge in [0.1, 0.15) is 6.04 Å². The first-order valence-electron chi connectivity index (χ1n) is 6.67. The van der Waals surface area contributed by atoms with E-state index in [0.717, 1.165) is 25.9 Å². The number of rotatable bonds is 2. The molecule has 0 N–H and O–H groups in total. The molecule has 0 aromatic heterocycles. The Hall–Kier alpha value is -1.06. The normalized spacial score (nSPS) is 31.5. The minimum absolute atomic E-state index is 0.139. The molecule has 3 aliphatic rings. The van der Waals surface area contributed by atoms with Crippen molar-refractivity contribution in [3.8, 4) is 0 Å². The Labute approximate surface area is 102 Å². The van der Waals surface area contributed by atoms with Crippen LogP contribution < -0.4 is 0 Å². The van der Waals surface area contributed by atoms with E-state index in [1.807, 2.05) is 4.90 Å². The molecule has 2 aliphatic heterocycles. The Bertz CT molecular complexity index is 362. The van der Waals surface area contributed by atoms with Crippen molar-refractivity contribution in [1.82, 2.24) is 9.80 Å². The smallest absolute Gasteiger partial charge is 0.245 e. The van der Waals surface area contributed by atoms with Gasteiger partial charge < -0.3 is 9.80 Å². The van der Waals surface area contributed by atoms with E-state index in [1.165, 1.54) is 19.3 Å². The van der Waals surface area contributed by atoms with Crippen molar-refractivity contribution in [2.24, 2.45) is 5.41 Å². The molecule has 1 atom stereocenters. The molecule has 2 amide bonds. The van der Waals surface area contributed by atoms with Crippen molar-refractivity contribution in [2.45, 2.75) is 45.1 Å². The molecule has 1 unspecified atom stereocenters. The zero-order valence-electron chi connectivity index (χ0n) is 10.4. The van der Waals surface area contributed by atoms with Gasteiger partial charge >= 0.3 is 0 Å². The molecule has 3 rings (SSSR count). The Kier molecular flexibility index (Phi) is 2.42. The van der Waals surface area contributed by atoms with Gasteiger partial charge in [-0.1, -0.05) is 13.3 Å². The highest BCUT2D eigenvalue weighted by atomic mass is 16.2. The van der Waals surface area contributed by atoms with Crippen LogP contribution in [0.4, 0.5) is 0 Å². The second kappa shape index (κ2) is 3.72. The van der Waals surface area contributed by atoms with Crippen LogP contribution >= 0.6 is 0 Å². The lowest BCUT2D eigenvalue weighted by Crippen LogP contribution is -2.59. The zero-order chi connectivity index (χ0) is 12.0. The van der Waals surface area contributed by atoms with Gasteiger partial charge in [-0.15, -0.1) is 0 Å². The van der Waals surface area contributed by atoms with Crippen LogP contribution in [0.15, 0.2) is 0 Å². The van der Waals surface area contributed by atoms with Crippen LogP contribution in [0.3, 0.4) is 0 Å². The summed E-state index contributed by atoms with van der Waals surface area (Å²) < 4.78 is 0. The number of fused-ring (bicyclic) bond motifs is 1. The monoisotopic (exact) mass is 236 g/mol. The van der Waals surface area contributed by atoms with E-state index in [1.54, 1.807) is 4.90 Å². The van der Waals surface area contributed by atoms with Crippen LogP contribution in [-0.2, 0) is 9.59 Å². The topological polar surface area (TPSA) is 40.6 Å². The number of carbonyl (C=O) groups is 2. The largest absolute Gasteiger partial charge is 0.331 e. The number of amides is 2. The van der Waals surface area contributed by atoms with Gasteiger partial charge in [0.25, 0.3) is 0 Å². The molecule has 2 saturated heterocycles. The fourth-order valence-electron chi connectivity index (χ4n) is 3.40. The number of piperazine rings is 1. The third-order valence-corrected chi connectivity index (χ3v) is 4.63. The zero-order valence-corrected chi connectivity index (χ0v) is 10.4. The van der Waals surface area contributed by atoms with E-state index >= 15 is 0 Å². The molecule has 2 heterocycles. The van der Waals surface area contributed by atoms with Gasteiger partial charge in [0.05, 0.1) is 6.54 Å². The molecule has 0 bridgehead atoms. The summed E-state index contributed by atoms with van der Waals surface area (Å²) in [7, 11) is 0. The van der Waals surface area contributed by atoms with Gasteiger partial charge in [-0.05, 0) is 31.1 Å². The number of hydrogen-bond donors (Lipinski definition) is 0. The van der Waals surface area contributed by atoms with Crippen LogP contribution in [0.25, 0.3) is 0 Å². The Morgan fingerprint density at radius 3 is 2.71 bits per heavy atom. The highest BCUT2D eigenvalue weighted by molar-refractivity contribution is 5.95. The Morgan fingerprint density at radius 1 is 1.29 bits per heavy atom. The molecule has 4 heteroatoms. The second-order valence-electron chi connectivity index (χ2n) is 6.10. The minimum atomic E-state index is -0.139. The summed E-state index contributed by atoms with van der Waals surface area (Å²) in [6.45, 7) is 4.10. The average molecular weight is 236 g/mol. The molecule has 17 heavy (non-hydrogen) atoms. The Balaban J connectivity index is 1.73. The van der Waals surface area contributed by atoms with E-state index in [9.17, 15) is 9.59 Å². The van der Waals surface area contributed by atoms with Crippen molar-refractivity contribution in [3.05, 3.63) is 0 Å². The van der Waals surface area contributed by atoms with E-state index in [2.05, 4.69) is 6.92 Å². The van der Waals surface area contributed by atoms with Gasteiger partial charge in [-0.2, -0.15) is 0 Å². The molecule has 0 aromatic rings. The van der Waals surface area contributed by atoms with Crippen molar-refractivity contribution in [2.75, 3.05) is 19.6 Å². The van der Waals surface area contributed by atoms with Crippen molar-refractivity contribution in [1.29, 1.82) is 0 Å². The highest BCUT2D eigenvalue weighted by Gasteiger charge is 2.44. The molecule has 94 valence electrons. The van der Waals surface area contributed by atoms with Crippen LogP contribution in [-0.4, -0.2) is 47.3 Å². The molecular formula is C13H20N2O2. The summed E-state index contributed by atoms with van der Waals surface area (Å²) in [4.78, 5) is 27.9. The Morgan fingerprint density at radius 2 is 2.06 bits per heavy atom. The first-order chi connectivity index (χ1) is 8.09. The predicted octanol–water partition coefficient (Wildman–Crippen LogP) is 1.01. The summed E-state index contributed by atoms with van der Waals surface area (Å²) in [5.41, 5.74) is 0.275. The first kappa shape index (κ1) is 11.1. The standard InChI is InChI=1S/C13H20N2O2/c1-13(5-3-6-13)9-14-8-11(16)15-7-2-4-10(15)12(14)17/h10H,2-9H2,1H3. The molecule has 0 radical (unpaired) electrons. The second-order valence-corrected chi connectivity index (χ2v) is 6.10. The third kappa shape index (κ3) is 1.74. The van der Waals surface area contributed by atoms with Crippen LogP contribution in [0.1, 0.15) is 39.0 Å². The molecule has 1 aliphatic carbocycles. The van der Waals surface area contributed by atoms with Crippen LogP contribution in [0, 0.1) is 5.41 Å². The lowest BCUT2D eigenvalue weighted by Gasteiger charge is -2.45. The van der Waals surface area contributed by atoms with Crippen LogP contribution in [0.5, 0.6) is 0 Å². The van der Waals surface area contributed by atoms with Gasteiger partial charge in [0.2, 0.25) is 11.8 Å². The van der Waals surface area contributed by atoms with Crippen molar-refractivity contribution < 1.29 is 9.59 Å². The fraction of sp³-hybridized carbons (Fsp3) is 0.846. The van der Waals surface area contributed by atoms with E-state index in [-0.39, 0.29) is 23.3 Å². The highest BCUT2D eigenvalue weighted by Crippen LogP contribution is 2.41.